The predicted octanol–water partition coefficient (Wildman–Crippen LogP) is 7.33. The fourth-order valence-electron chi connectivity index (χ4n) is 8.83. The van der Waals surface area contributed by atoms with Crippen LogP contribution in [-0.2, 0) is 19.1 Å². The Morgan fingerprint density at radius 2 is 1.14 bits per heavy atom. The first kappa shape index (κ1) is 55.1. The number of carbonyl (C=O) groups excluding carboxylic acids is 2. The summed E-state index contributed by atoms with van der Waals surface area (Å²) in [6, 6.07) is 3.08. The lowest BCUT2D eigenvalue weighted by molar-refractivity contribution is -0.118. The molecule has 0 radical (unpaired) electrons. The molecule has 0 saturated carbocycles. The van der Waals surface area contributed by atoms with Gasteiger partial charge in [-0.15, -0.1) is 0 Å². The minimum atomic E-state index is -1.07. The Morgan fingerprint density at radius 3 is 1.64 bits per heavy atom. The van der Waals surface area contributed by atoms with Gasteiger partial charge in [0.25, 0.3) is 0 Å². The second-order valence-corrected chi connectivity index (χ2v) is 18.8. The van der Waals surface area contributed by atoms with Gasteiger partial charge in [-0.2, -0.15) is 0 Å². The van der Waals surface area contributed by atoms with Crippen molar-refractivity contribution in [1.29, 1.82) is 0 Å². The molecule has 5 N–H and O–H groups in total. The molecular weight excluding hydrogens is 1010 g/mol. The van der Waals surface area contributed by atoms with E-state index in [2.05, 4.69) is 59.7 Å². The summed E-state index contributed by atoms with van der Waals surface area (Å²) in [5, 5.41) is 16.3. The van der Waals surface area contributed by atoms with Gasteiger partial charge in [0.15, 0.2) is 52.1 Å². The van der Waals surface area contributed by atoms with Crippen molar-refractivity contribution in [2.24, 2.45) is 5.41 Å². The number of benzene rings is 2. The highest BCUT2D eigenvalue weighted by Gasteiger charge is 2.33. The van der Waals surface area contributed by atoms with E-state index in [1.54, 1.807) is 0 Å². The third-order valence-corrected chi connectivity index (χ3v) is 13.6. The van der Waals surface area contributed by atoms with E-state index in [4.69, 9.17) is 43.1 Å². The molecule has 0 bridgehead atoms. The topological polar surface area (TPSA) is 236 Å². The number of nitrogens with zero attached hydrogens (tertiary/aromatic N) is 6. The van der Waals surface area contributed by atoms with Crippen LogP contribution in [0.15, 0.2) is 62.0 Å². The molecule has 0 aliphatic carbocycles. The average Bonchev–Trinajstić information content (AvgIpc) is 3.42. The summed E-state index contributed by atoms with van der Waals surface area (Å²) in [6.45, 7) is 14.0. The summed E-state index contributed by atoms with van der Waals surface area (Å²) in [5.74, 6) is -5.65. The number of anilines is 3. The number of pyridine rings is 2. The molecule has 2 fully saturated rings. The third kappa shape index (κ3) is 12.0. The summed E-state index contributed by atoms with van der Waals surface area (Å²) < 4.78 is 104. The molecule has 20 nitrogen and oxygen atoms in total. The summed E-state index contributed by atoms with van der Waals surface area (Å²) in [5.41, 5.74) is -1.56. The smallest absolute Gasteiger partial charge is 0.243 e. The van der Waals surface area contributed by atoms with Gasteiger partial charge in [0.1, 0.15) is 11.0 Å². The van der Waals surface area contributed by atoms with Crippen molar-refractivity contribution in [1.82, 2.24) is 40.5 Å². The number of fused-ring (bicyclic) bond motifs is 2. The molecule has 1 unspecified atom stereocenters. The number of methoxy groups -OCH3 is 4. The normalized spacial score (nSPS) is 17.9. The zero-order valence-electron chi connectivity index (χ0n) is 43.4. The number of carbonyl (C=O) groups is 2. The Kier molecular flexibility index (Phi) is 17.1. The van der Waals surface area contributed by atoms with E-state index in [-0.39, 0.29) is 125 Å². The van der Waals surface area contributed by atoms with E-state index in [0.29, 0.717) is 36.8 Å². The molecule has 2 amide bonds. The number of hydrogen-bond donors (Lipinski definition) is 5. The summed E-state index contributed by atoms with van der Waals surface area (Å²) in [6.07, 6.45) is 6.59. The quantitative estimate of drug-likeness (QED) is 0.0350. The standard InChI is InChI=1S/C53H59F4N11O9/c1-10-39(69)61-29-12-15-75-24-33(29)65-51-58-22-27-18-31(41-43(54)35(71-6)20-36(72-7)44(41)55)63-49(47(27)67-51)60-26(3)53(4,5)14-17-77-38-21-37(73-8)45(56)42(46(38)57)32-19-28-23-59-52(68-48(28)50(64-32)74-9)66-34-25-76-16-13-30(34)62-40(70)11-2/h10-11,18-23,26,29-30,33-34H,1-2,12-17,24-25H2,3-9H3,(H,60,63)(H,61,69)(H,62,70)(H,58,65,67)(H,59,66,68)/t26?,29-,30-,33+,34+/m0/s1. The molecule has 2 saturated heterocycles. The maximum absolute atomic E-state index is 16.7. The molecule has 2 aliphatic heterocycles. The molecule has 2 aliphatic rings. The van der Waals surface area contributed by atoms with E-state index >= 15 is 17.6 Å². The molecule has 77 heavy (non-hydrogen) atoms. The SMILES string of the molecule is C=CC(=O)N[C@H]1CCOC[C@H]1Nc1ncc2cc(-c3c(F)c(OC)cc(OC)c3F)nc(NC(C)C(C)(C)CCOc3cc(OC)c(F)c(-c4cc5cnc(N[C@@H]6COCC[C@@H]6NC(=O)C=C)nc5c(OC)n4)c3F)c2n1. The molecule has 8 rings (SSSR count). The van der Waals surface area contributed by atoms with Crippen LogP contribution >= 0.6 is 0 Å². The number of hydrogen-bond acceptors (Lipinski definition) is 18. The highest BCUT2D eigenvalue weighted by atomic mass is 19.1. The molecule has 6 aromatic rings. The number of amides is 2. The predicted molar refractivity (Wildman–Crippen MR) is 279 cm³/mol. The van der Waals surface area contributed by atoms with Crippen molar-refractivity contribution in [2.75, 3.05) is 77.4 Å². The number of halogens is 4. The van der Waals surface area contributed by atoms with E-state index in [9.17, 15) is 9.59 Å². The second kappa shape index (κ2) is 23.8. The van der Waals surface area contributed by atoms with Gasteiger partial charge < -0.3 is 59.7 Å². The van der Waals surface area contributed by atoms with Gasteiger partial charge >= 0.3 is 0 Å². The van der Waals surface area contributed by atoms with E-state index < -0.39 is 51.9 Å². The van der Waals surface area contributed by atoms with Crippen LogP contribution in [0.5, 0.6) is 28.9 Å². The summed E-state index contributed by atoms with van der Waals surface area (Å²) >= 11 is 0. The van der Waals surface area contributed by atoms with Gasteiger partial charge in [-0.3, -0.25) is 9.59 Å². The van der Waals surface area contributed by atoms with Crippen molar-refractivity contribution >= 4 is 51.3 Å². The molecule has 6 heterocycles. The maximum atomic E-state index is 16.7. The van der Waals surface area contributed by atoms with Gasteiger partial charge in [-0.25, -0.2) is 47.5 Å². The number of nitrogens with one attached hydrogen (secondary N) is 5. The van der Waals surface area contributed by atoms with Gasteiger partial charge in [-0.05, 0) is 55.9 Å². The van der Waals surface area contributed by atoms with Crippen LogP contribution < -0.4 is 50.3 Å². The number of ether oxygens (including phenoxy) is 7. The Balaban J connectivity index is 1.06. The van der Waals surface area contributed by atoms with E-state index in [0.717, 1.165) is 12.1 Å². The highest BCUT2D eigenvalue weighted by molar-refractivity contribution is 5.92. The van der Waals surface area contributed by atoms with Crippen LogP contribution in [0.2, 0.25) is 0 Å². The maximum Gasteiger partial charge on any atom is 0.243 e. The summed E-state index contributed by atoms with van der Waals surface area (Å²) in [7, 11) is 5.06. The van der Waals surface area contributed by atoms with Crippen molar-refractivity contribution in [3.63, 3.8) is 0 Å². The Morgan fingerprint density at radius 1 is 0.675 bits per heavy atom. The number of rotatable bonds is 21. The van der Waals surface area contributed by atoms with E-state index in [1.165, 1.54) is 65.1 Å². The van der Waals surface area contributed by atoms with Crippen LogP contribution in [-0.4, -0.2) is 133 Å². The first-order valence-corrected chi connectivity index (χ1v) is 24.5. The Hall–Kier alpha value is -8.12. The van der Waals surface area contributed by atoms with Crippen LogP contribution in [0.1, 0.15) is 40.0 Å². The van der Waals surface area contributed by atoms with Crippen molar-refractivity contribution in [2.45, 2.75) is 70.2 Å². The lowest BCUT2D eigenvalue weighted by atomic mass is 9.82. The molecule has 4 aromatic heterocycles. The largest absolute Gasteiger partial charge is 0.494 e. The van der Waals surface area contributed by atoms with Crippen LogP contribution in [0.25, 0.3) is 44.3 Å². The first-order chi connectivity index (χ1) is 37.0. The van der Waals surface area contributed by atoms with E-state index in [1.807, 2.05) is 20.8 Å². The minimum absolute atomic E-state index is 0.0568. The third-order valence-electron chi connectivity index (χ3n) is 13.6. The van der Waals surface area contributed by atoms with Gasteiger partial charge in [0.2, 0.25) is 29.6 Å². The highest BCUT2D eigenvalue weighted by Crippen LogP contribution is 2.42. The van der Waals surface area contributed by atoms with Crippen molar-refractivity contribution < 1.29 is 60.3 Å². The van der Waals surface area contributed by atoms with Gasteiger partial charge in [0, 0.05) is 54.6 Å². The van der Waals surface area contributed by atoms with Crippen LogP contribution in [0.4, 0.5) is 35.3 Å². The lowest BCUT2D eigenvalue weighted by Gasteiger charge is -2.33. The molecule has 408 valence electrons. The Labute approximate surface area is 440 Å². The van der Waals surface area contributed by atoms with Crippen LogP contribution in [0.3, 0.4) is 0 Å². The average molecular weight is 1070 g/mol. The monoisotopic (exact) mass is 1070 g/mol. The van der Waals surface area contributed by atoms with Gasteiger partial charge in [-0.1, -0.05) is 27.0 Å². The summed E-state index contributed by atoms with van der Waals surface area (Å²) in [4.78, 5) is 51.9. The Bertz CT molecular complexity index is 3180. The lowest BCUT2D eigenvalue weighted by Crippen LogP contribution is -2.52. The number of aromatic nitrogens is 6. The first-order valence-electron chi connectivity index (χ1n) is 24.5. The van der Waals surface area contributed by atoms with Crippen LogP contribution in [0, 0.1) is 28.7 Å². The second-order valence-electron chi connectivity index (χ2n) is 18.8. The zero-order valence-corrected chi connectivity index (χ0v) is 43.4. The molecule has 5 atom stereocenters. The molecular formula is C53H59F4N11O9. The zero-order chi connectivity index (χ0) is 55.1. The van der Waals surface area contributed by atoms with Gasteiger partial charge in [0.05, 0.1) is 94.9 Å². The fourth-order valence-corrected chi connectivity index (χ4v) is 8.83. The van der Waals surface area contributed by atoms with Crippen molar-refractivity contribution in [3.8, 4) is 51.4 Å². The molecule has 0 spiro atoms. The minimum Gasteiger partial charge on any atom is -0.494 e. The molecule has 2 aromatic carbocycles. The fraction of sp³-hybridized carbons (Fsp3) is 0.396. The van der Waals surface area contributed by atoms with Crippen molar-refractivity contribution in [3.05, 3.63) is 85.2 Å². The molecule has 24 heteroatoms.